The largest absolute Gasteiger partial charge is 0.481 e. The van der Waals surface area contributed by atoms with E-state index in [1.807, 2.05) is 22.9 Å². The van der Waals surface area contributed by atoms with Gasteiger partial charge in [-0.25, -0.2) is 4.98 Å². The minimum atomic E-state index is -0.00354. The molecule has 0 bridgehead atoms. The second-order valence-corrected chi connectivity index (χ2v) is 5.24. The van der Waals surface area contributed by atoms with Gasteiger partial charge in [-0.1, -0.05) is 6.07 Å². The molecule has 0 saturated carbocycles. The van der Waals surface area contributed by atoms with E-state index in [1.54, 1.807) is 13.3 Å². The third-order valence-corrected chi connectivity index (χ3v) is 3.74. The Hall–Kier alpha value is -1.92. The van der Waals surface area contributed by atoms with Crippen molar-refractivity contribution in [3.63, 3.8) is 0 Å². The SMILES string of the molecule is COc1ncccc1CN1CCCn2nc(CO)cc2C1. The van der Waals surface area contributed by atoms with E-state index in [-0.39, 0.29) is 6.61 Å². The van der Waals surface area contributed by atoms with E-state index in [1.165, 1.54) is 0 Å². The number of pyridine rings is 1. The van der Waals surface area contributed by atoms with Gasteiger partial charge in [-0.05, 0) is 18.6 Å². The van der Waals surface area contributed by atoms with Gasteiger partial charge in [-0.15, -0.1) is 0 Å². The summed E-state index contributed by atoms with van der Waals surface area (Å²) in [7, 11) is 1.65. The number of aryl methyl sites for hydroxylation is 1. The topological polar surface area (TPSA) is 63.4 Å². The first-order chi connectivity index (χ1) is 10.3. The Kier molecular flexibility index (Phi) is 4.17. The summed E-state index contributed by atoms with van der Waals surface area (Å²) in [4.78, 5) is 6.61. The maximum absolute atomic E-state index is 9.21. The molecule has 0 amide bonds. The molecule has 3 rings (SSSR count). The van der Waals surface area contributed by atoms with Crippen molar-refractivity contribution in [3.8, 4) is 5.88 Å². The van der Waals surface area contributed by atoms with Crippen LogP contribution in [-0.2, 0) is 26.2 Å². The molecular weight excluding hydrogens is 268 g/mol. The average Bonchev–Trinajstić information content (AvgIpc) is 2.80. The molecule has 2 aromatic rings. The monoisotopic (exact) mass is 288 g/mol. The quantitative estimate of drug-likeness (QED) is 0.915. The summed E-state index contributed by atoms with van der Waals surface area (Å²) < 4.78 is 7.33. The number of rotatable bonds is 4. The van der Waals surface area contributed by atoms with Crippen LogP contribution in [0.15, 0.2) is 24.4 Å². The van der Waals surface area contributed by atoms with Crippen molar-refractivity contribution < 1.29 is 9.84 Å². The Morgan fingerprint density at radius 2 is 2.29 bits per heavy atom. The Bertz CT molecular complexity index is 611. The fourth-order valence-corrected chi connectivity index (χ4v) is 2.77. The van der Waals surface area contributed by atoms with Crippen molar-refractivity contribution in [3.05, 3.63) is 41.3 Å². The van der Waals surface area contributed by atoms with Crippen molar-refractivity contribution in [2.45, 2.75) is 32.7 Å². The number of methoxy groups -OCH3 is 1. The van der Waals surface area contributed by atoms with Crippen molar-refractivity contribution in [2.75, 3.05) is 13.7 Å². The molecule has 0 unspecified atom stereocenters. The Balaban J connectivity index is 1.77. The Morgan fingerprint density at radius 1 is 1.38 bits per heavy atom. The summed E-state index contributed by atoms with van der Waals surface area (Å²) in [6.07, 6.45) is 2.79. The van der Waals surface area contributed by atoms with Crippen LogP contribution >= 0.6 is 0 Å². The number of aliphatic hydroxyl groups excluding tert-OH is 1. The molecule has 2 aromatic heterocycles. The van der Waals surface area contributed by atoms with Crippen molar-refractivity contribution in [1.29, 1.82) is 0 Å². The maximum atomic E-state index is 9.21. The molecule has 1 aliphatic heterocycles. The van der Waals surface area contributed by atoms with E-state index in [0.29, 0.717) is 5.88 Å². The summed E-state index contributed by atoms with van der Waals surface area (Å²) in [6.45, 7) is 3.53. The van der Waals surface area contributed by atoms with Gasteiger partial charge in [0.15, 0.2) is 0 Å². The van der Waals surface area contributed by atoms with Crippen LogP contribution in [0.3, 0.4) is 0 Å². The lowest BCUT2D eigenvalue weighted by atomic mass is 10.2. The van der Waals surface area contributed by atoms with Gasteiger partial charge < -0.3 is 9.84 Å². The first-order valence-electron chi connectivity index (χ1n) is 7.17. The van der Waals surface area contributed by atoms with Crippen molar-refractivity contribution >= 4 is 0 Å². The lowest BCUT2D eigenvalue weighted by molar-refractivity contribution is 0.254. The number of aromatic nitrogens is 3. The van der Waals surface area contributed by atoms with Crippen molar-refractivity contribution in [2.24, 2.45) is 0 Å². The molecule has 0 radical (unpaired) electrons. The zero-order valence-corrected chi connectivity index (χ0v) is 12.2. The number of ether oxygens (including phenoxy) is 1. The molecule has 3 heterocycles. The van der Waals surface area contributed by atoms with Crippen LogP contribution < -0.4 is 4.74 Å². The first kappa shape index (κ1) is 14.0. The molecule has 0 aromatic carbocycles. The zero-order valence-electron chi connectivity index (χ0n) is 12.2. The highest BCUT2D eigenvalue weighted by molar-refractivity contribution is 5.25. The zero-order chi connectivity index (χ0) is 14.7. The van der Waals surface area contributed by atoms with Gasteiger partial charge >= 0.3 is 0 Å². The van der Waals surface area contributed by atoms with Gasteiger partial charge in [0.1, 0.15) is 0 Å². The summed E-state index contributed by atoms with van der Waals surface area (Å²) in [5.74, 6) is 0.686. The predicted molar refractivity (Wildman–Crippen MR) is 77.7 cm³/mol. The van der Waals surface area contributed by atoms with Crippen LogP contribution in [0.2, 0.25) is 0 Å². The first-order valence-corrected chi connectivity index (χ1v) is 7.17. The van der Waals surface area contributed by atoms with Gasteiger partial charge in [0.05, 0.1) is 25.1 Å². The predicted octanol–water partition coefficient (Wildman–Crippen LogP) is 1.18. The molecule has 0 aliphatic carbocycles. The number of hydrogen-bond acceptors (Lipinski definition) is 5. The van der Waals surface area contributed by atoms with Gasteiger partial charge in [-0.2, -0.15) is 5.10 Å². The van der Waals surface area contributed by atoms with E-state index in [4.69, 9.17) is 4.74 Å². The van der Waals surface area contributed by atoms with Crippen LogP contribution in [0, 0.1) is 0 Å². The molecular formula is C15H20N4O2. The lowest BCUT2D eigenvalue weighted by Crippen LogP contribution is -2.23. The number of hydrogen-bond donors (Lipinski definition) is 1. The third kappa shape index (κ3) is 3.06. The fraction of sp³-hybridized carbons (Fsp3) is 0.467. The summed E-state index contributed by atoms with van der Waals surface area (Å²) in [5, 5.41) is 13.6. The highest BCUT2D eigenvalue weighted by Crippen LogP contribution is 2.20. The summed E-state index contributed by atoms with van der Waals surface area (Å²) in [5.41, 5.74) is 2.99. The average molecular weight is 288 g/mol. The molecule has 1 aliphatic rings. The summed E-state index contributed by atoms with van der Waals surface area (Å²) in [6, 6.07) is 5.97. The van der Waals surface area contributed by atoms with E-state index >= 15 is 0 Å². The second kappa shape index (κ2) is 6.24. The molecule has 0 fully saturated rings. The van der Waals surface area contributed by atoms with Crippen LogP contribution in [0.1, 0.15) is 23.4 Å². The van der Waals surface area contributed by atoms with Gasteiger partial charge in [0.25, 0.3) is 0 Å². The second-order valence-electron chi connectivity index (χ2n) is 5.24. The van der Waals surface area contributed by atoms with Gasteiger partial charge in [0, 0.05) is 37.9 Å². The van der Waals surface area contributed by atoms with E-state index in [9.17, 15) is 5.11 Å². The fourth-order valence-electron chi connectivity index (χ4n) is 2.77. The van der Waals surface area contributed by atoms with E-state index in [2.05, 4.69) is 15.0 Å². The van der Waals surface area contributed by atoms with Crippen LogP contribution in [-0.4, -0.2) is 38.4 Å². The third-order valence-electron chi connectivity index (χ3n) is 3.74. The van der Waals surface area contributed by atoms with Gasteiger partial charge in [-0.3, -0.25) is 9.58 Å². The smallest absolute Gasteiger partial charge is 0.217 e. The van der Waals surface area contributed by atoms with Crippen molar-refractivity contribution in [1.82, 2.24) is 19.7 Å². The standard InChI is InChI=1S/C15H20N4O2/c1-21-15-12(4-2-5-16-15)9-18-6-3-7-19-14(10-18)8-13(11-20)17-19/h2,4-5,8,20H,3,6-7,9-11H2,1H3. The molecule has 0 atom stereocenters. The Labute approximate surface area is 124 Å². The molecule has 1 N–H and O–H groups in total. The minimum absolute atomic E-state index is 0.00354. The normalized spacial score (nSPS) is 15.5. The van der Waals surface area contributed by atoms with Crippen LogP contribution in [0.25, 0.3) is 0 Å². The number of fused-ring (bicyclic) bond motifs is 1. The van der Waals surface area contributed by atoms with E-state index in [0.717, 1.165) is 49.6 Å². The van der Waals surface area contributed by atoms with Crippen LogP contribution in [0.4, 0.5) is 0 Å². The molecule has 0 saturated heterocycles. The maximum Gasteiger partial charge on any atom is 0.217 e. The minimum Gasteiger partial charge on any atom is -0.481 e. The number of aliphatic hydroxyl groups is 1. The summed E-state index contributed by atoms with van der Waals surface area (Å²) >= 11 is 0. The molecule has 6 nitrogen and oxygen atoms in total. The van der Waals surface area contributed by atoms with E-state index < -0.39 is 0 Å². The molecule has 0 spiro atoms. The molecule has 6 heteroatoms. The highest BCUT2D eigenvalue weighted by Gasteiger charge is 2.18. The molecule has 112 valence electrons. The van der Waals surface area contributed by atoms with Crippen LogP contribution in [0.5, 0.6) is 5.88 Å². The highest BCUT2D eigenvalue weighted by atomic mass is 16.5. The lowest BCUT2D eigenvalue weighted by Gasteiger charge is -2.20. The Morgan fingerprint density at radius 3 is 3.10 bits per heavy atom. The number of nitrogens with zero attached hydrogens (tertiary/aromatic N) is 4. The molecule has 21 heavy (non-hydrogen) atoms. The van der Waals surface area contributed by atoms with Gasteiger partial charge in [0.2, 0.25) is 5.88 Å².